The molecule has 0 saturated carbocycles. The number of likely N-dealkylation sites (N-methyl/N-ethyl adjacent to an activating group) is 1. The van der Waals surface area contributed by atoms with Gasteiger partial charge in [0.25, 0.3) is 0 Å². The Morgan fingerprint density at radius 2 is 1.83 bits per heavy atom. The van der Waals surface area contributed by atoms with Crippen LogP contribution in [0.2, 0.25) is 0 Å². The summed E-state index contributed by atoms with van der Waals surface area (Å²) in [7, 11) is 2.10. The predicted octanol–water partition coefficient (Wildman–Crippen LogP) is 1.04. The zero-order valence-electron chi connectivity index (χ0n) is 14.7. The van der Waals surface area contributed by atoms with Gasteiger partial charge in [-0.15, -0.1) is 0 Å². The number of benzene rings is 1. The maximum Gasteiger partial charge on any atom is 0.230 e. The van der Waals surface area contributed by atoms with Gasteiger partial charge in [-0.3, -0.25) is 9.69 Å². The number of piperazine rings is 1. The van der Waals surface area contributed by atoms with Crippen LogP contribution < -0.4 is 0 Å². The molecule has 2 saturated heterocycles. The van der Waals surface area contributed by atoms with E-state index in [0.29, 0.717) is 6.42 Å². The van der Waals surface area contributed by atoms with E-state index in [1.165, 1.54) is 5.56 Å². The van der Waals surface area contributed by atoms with Gasteiger partial charge < -0.3 is 14.9 Å². The lowest BCUT2D eigenvalue weighted by atomic mass is 9.82. The molecule has 0 aromatic heterocycles. The molecule has 1 aromatic carbocycles. The van der Waals surface area contributed by atoms with E-state index in [1.807, 2.05) is 11.0 Å². The third kappa shape index (κ3) is 3.79. The van der Waals surface area contributed by atoms with E-state index in [4.69, 9.17) is 0 Å². The first kappa shape index (κ1) is 17.4. The van der Waals surface area contributed by atoms with Crippen LogP contribution in [0.15, 0.2) is 30.3 Å². The third-order valence-electron chi connectivity index (χ3n) is 5.52. The molecule has 3 rings (SSSR count). The fourth-order valence-electron chi connectivity index (χ4n) is 3.98. The van der Waals surface area contributed by atoms with Crippen molar-refractivity contribution < 1.29 is 9.90 Å². The minimum absolute atomic E-state index is 0.0820. The molecule has 2 aliphatic heterocycles. The quantitative estimate of drug-likeness (QED) is 0.876. The molecule has 0 aliphatic carbocycles. The number of carbonyl (C=O) groups is 1. The van der Waals surface area contributed by atoms with Crippen LogP contribution in [-0.4, -0.2) is 78.6 Å². The van der Waals surface area contributed by atoms with Crippen LogP contribution in [-0.2, 0) is 11.3 Å². The molecule has 2 heterocycles. The Kier molecular flexibility index (Phi) is 5.54. The molecule has 0 bridgehead atoms. The number of aliphatic hydroxyl groups is 1. The number of rotatable bonds is 5. The van der Waals surface area contributed by atoms with Crippen LogP contribution in [0.5, 0.6) is 0 Å². The smallest absolute Gasteiger partial charge is 0.230 e. The summed E-state index contributed by atoms with van der Waals surface area (Å²) in [6, 6.07) is 10.4. The fourth-order valence-corrected chi connectivity index (χ4v) is 3.98. The highest BCUT2D eigenvalue weighted by atomic mass is 16.3. The molecule has 2 aliphatic rings. The fraction of sp³-hybridized carbons (Fsp3) is 0.632. The molecule has 24 heavy (non-hydrogen) atoms. The first-order valence-corrected chi connectivity index (χ1v) is 8.98. The molecule has 5 heteroatoms. The number of hydrogen-bond donors (Lipinski definition) is 1. The normalized spacial score (nSPS) is 26.0. The number of aliphatic hydroxyl groups excluding tert-OH is 1. The summed E-state index contributed by atoms with van der Waals surface area (Å²) in [5.74, 6) is 0.250. The first-order valence-electron chi connectivity index (χ1n) is 8.98. The Balaban J connectivity index is 1.67. The Morgan fingerprint density at radius 1 is 1.12 bits per heavy atom. The lowest BCUT2D eigenvalue weighted by molar-refractivity contribution is -0.144. The average Bonchev–Trinajstić information content (AvgIpc) is 3.00. The Labute approximate surface area is 144 Å². The zero-order valence-corrected chi connectivity index (χ0v) is 14.7. The molecule has 1 unspecified atom stereocenters. The Morgan fingerprint density at radius 3 is 2.50 bits per heavy atom. The van der Waals surface area contributed by atoms with E-state index < -0.39 is 5.41 Å². The zero-order chi connectivity index (χ0) is 17.0. The molecular weight excluding hydrogens is 302 g/mol. The number of nitrogens with zero attached hydrogens (tertiary/aromatic N) is 3. The molecular formula is C19H29N3O2. The summed E-state index contributed by atoms with van der Waals surface area (Å²) in [4.78, 5) is 19.8. The minimum atomic E-state index is -0.403. The van der Waals surface area contributed by atoms with Crippen molar-refractivity contribution >= 4 is 5.91 Å². The number of amides is 1. The van der Waals surface area contributed by atoms with Crippen molar-refractivity contribution in [1.82, 2.24) is 14.7 Å². The van der Waals surface area contributed by atoms with Crippen LogP contribution in [0.4, 0.5) is 0 Å². The Hall–Kier alpha value is -1.43. The molecule has 0 spiro atoms. The summed E-state index contributed by atoms with van der Waals surface area (Å²) in [5.41, 5.74) is 0.878. The summed E-state index contributed by atoms with van der Waals surface area (Å²) in [5, 5.41) is 9.56. The van der Waals surface area contributed by atoms with Crippen LogP contribution in [0, 0.1) is 5.41 Å². The van der Waals surface area contributed by atoms with Gasteiger partial charge in [-0.2, -0.15) is 0 Å². The number of carbonyl (C=O) groups excluding carboxylic acids is 1. The summed E-state index contributed by atoms with van der Waals surface area (Å²) in [6.45, 7) is 6.14. The summed E-state index contributed by atoms with van der Waals surface area (Å²) in [6.07, 6.45) is 1.43. The van der Waals surface area contributed by atoms with E-state index >= 15 is 0 Å². The van der Waals surface area contributed by atoms with Crippen molar-refractivity contribution in [1.29, 1.82) is 0 Å². The first-order chi connectivity index (χ1) is 11.6. The van der Waals surface area contributed by atoms with E-state index in [1.54, 1.807) is 0 Å². The van der Waals surface area contributed by atoms with Crippen LogP contribution in [0.1, 0.15) is 18.4 Å². The van der Waals surface area contributed by atoms with Gasteiger partial charge >= 0.3 is 0 Å². The molecule has 0 radical (unpaired) electrons. The third-order valence-corrected chi connectivity index (χ3v) is 5.52. The van der Waals surface area contributed by atoms with Crippen molar-refractivity contribution in [2.45, 2.75) is 19.4 Å². The van der Waals surface area contributed by atoms with Crippen LogP contribution in [0.25, 0.3) is 0 Å². The maximum atomic E-state index is 13.2. The Bertz CT molecular complexity index is 543. The highest BCUT2D eigenvalue weighted by molar-refractivity contribution is 5.83. The van der Waals surface area contributed by atoms with Gasteiger partial charge in [-0.25, -0.2) is 0 Å². The van der Waals surface area contributed by atoms with E-state index in [2.05, 4.69) is 41.1 Å². The monoisotopic (exact) mass is 331 g/mol. The lowest BCUT2D eigenvalue weighted by Gasteiger charge is -2.38. The van der Waals surface area contributed by atoms with E-state index in [0.717, 1.165) is 52.2 Å². The van der Waals surface area contributed by atoms with Gasteiger partial charge in [0.05, 0.1) is 5.41 Å². The summed E-state index contributed by atoms with van der Waals surface area (Å²) >= 11 is 0. The van der Waals surface area contributed by atoms with Gasteiger partial charge in [0, 0.05) is 45.9 Å². The topological polar surface area (TPSA) is 47.0 Å². The number of likely N-dealkylation sites (tertiary alicyclic amines) is 1. The predicted molar refractivity (Wildman–Crippen MR) is 94.5 cm³/mol. The second-order valence-corrected chi connectivity index (χ2v) is 7.30. The standard InChI is InChI=1S/C19H29N3O2/c1-20-10-12-22(13-11-20)18(24)19(8-14-23)7-9-21(16-19)15-17-5-3-2-4-6-17/h2-6,23H,7-16H2,1H3. The van der Waals surface area contributed by atoms with Crippen molar-refractivity contribution in [3.8, 4) is 0 Å². The summed E-state index contributed by atoms with van der Waals surface area (Å²) < 4.78 is 0. The molecule has 1 atom stereocenters. The van der Waals surface area contributed by atoms with E-state index in [-0.39, 0.29) is 12.5 Å². The highest BCUT2D eigenvalue weighted by Gasteiger charge is 2.46. The van der Waals surface area contributed by atoms with Crippen molar-refractivity contribution in [2.24, 2.45) is 5.41 Å². The lowest BCUT2D eigenvalue weighted by Crippen LogP contribution is -2.53. The van der Waals surface area contributed by atoms with Gasteiger partial charge in [0.1, 0.15) is 0 Å². The van der Waals surface area contributed by atoms with Gasteiger partial charge in [-0.05, 0) is 32.0 Å². The molecule has 2 fully saturated rings. The van der Waals surface area contributed by atoms with Crippen molar-refractivity contribution in [3.63, 3.8) is 0 Å². The molecule has 1 amide bonds. The highest BCUT2D eigenvalue weighted by Crippen LogP contribution is 2.37. The van der Waals surface area contributed by atoms with Crippen LogP contribution >= 0.6 is 0 Å². The van der Waals surface area contributed by atoms with Crippen molar-refractivity contribution in [3.05, 3.63) is 35.9 Å². The second kappa shape index (κ2) is 7.64. The average molecular weight is 331 g/mol. The molecule has 5 nitrogen and oxygen atoms in total. The van der Waals surface area contributed by atoms with Gasteiger partial charge in [0.2, 0.25) is 5.91 Å². The molecule has 1 aromatic rings. The van der Waals surface area contributed by atoms with Crippen molar-refractivity contribution in [2.75, 3.05) is 52.9 Å². The molecule has 132 valence electrons. The van der Waals surface area contributed by atoms with Crippen LogP contribution in [0.3, 0.4) is 0 Å². The largest absolute Gasteiger partial charge is 0.396 e. The second-order valence-electron chi connectivity index (χ2n) is 7.30. The van der Waals surface area contributed by atoms with Gasteiger partial charge in [0.15, 0.2) is 0 Å². The molecule has 1 N–H and O–H groups in total. The van der Waals surface area contributed by atoms with E-state index in [9.17, 15) is 9.90 Å². The van der Waals surface area contributed by atoms with Gasteiger partial charge in [-0.1, -0.05) is 30.3 Å². The SMILES string of the molecule is CN1CCN(C(=O)C2(CCO)CCN(Cc3ccccc3)C2)CC1. The maximum absolute atomic E-state index is 13.2. The minimum Gasteiger partial charge on any atom is -0.396 e. The number of hydrogen-bond acceptors (Lipinski definition) is 4.